The van der Waals surface area contributed by atoms with Gasteiger partial charge in [0.05, 0.1) is 29.9 Å². The summed E-state index contributed by atoms with van der Waals surface area (Å²) in [5.41, 5.74) is 3.36. The largest absolute Gasteiger partial charge is 0.497 e. The van der Waals surface area contributed by atoms with Crippen LogP contribution in [0, 0.1) is 13.8 Å². The van der Waals surface area contributed by atoms with Gasteiger partial charge in [0.2, 0.25) is 0 Å². The van der Waals surface area contributed by atoms with Gasteiger partial charge in [-0.25, -0.2) is 0 Å². The molecule has 0 amide bonds. The molecule has 0 radical (unpaired) electrons. The molecule has 1 aromatic rings. The van der Waals surface area contributed by atoms with E-state index in [4.69, 9.17) is 4.74 Å². The van der Waals surface area contributed by atoms with Crippen LogP contribution < -0.4 is 5.32 Å². The Kier molecular flexibility index (Phi) is 3.17. The van der Waals surface area contributed by atoms with E-state index in [9.17, 15) is 0 Å². The van der Waals surface area contributed by atoms with Crippen molar-refractivity contribution in [2.45, 2.75) is 32.8 Å². The first-order chi connectivity index (χ1) is 7.68. The molecule has 0 saturated heterocycles. The summed E-state index contributed by atoms with van der Waals surface area (Å²) < 4.78 is 7.42. The molecule has 0 fully saturated rings. The van der Waals surface area contributed by atoms with Crippen molar-refractivity contribution in [1.29, 1.82) is 0 Å². The summed E-state index contributed by atoms with van der Waals surface area (Å²) in [6.45, 7) is 4.94. The van der Waals surface area contributed by atoms with Gasteiger partial charge in [0.25, 0.3) is 0 Å². The molecule has 4 nitrogen and oxygen atoms in total. The number of rotatable bonds is 3. The monoisotopic (exact) mass is 221 g/mol. The maximum absolute atomic E-state index is 5.52. The molecule has 1 aliphatic rings. The fraction of sp³-hybridized carbons (Fsp3) is 0.583. The second-order valence-electron chi connectivity index (χ2n) is 4.26. The van der Waals surface area contributed by atoms with Gasteiger partial charge in [0.1, 0.15) is 6.10 Å². The van der Waals surface area contributed by atoms with Crippen molar-refractivity contribution >= 4 is 5.69 Å². The molecule has 1 atom stereocenters. The summed E-state index contributed by atoms with van der Waals surface area (Å²) >= 11 is 0. The third-order valence-electron chi connectivity index (χ3n) is 3.04. The summed E-state index contributed by atoms with van der Waals surface area (Å²) in [4.78, 5) is 0. The molecule has 0 aliphatic carbocycles. The lowest BCUT2D eigenvalue weighted by atomic mass is 10.1. The molecule has 1 N–H and O–H groups in total. The van der Waals surface area contributed by atoms with E-state index in [0.29, 0.717) is 0 Å². The second-order valence-corrected chi connectivity index (χ2v) is 4.26. The molecule has 0 saturated carbocycles. The van der Waals surface area contributed by atoms with E-state index in [2.05, 4.69) is 23.4 Å². The molecule has 0 aromatic carbocycles. The molecule has 1 aliphatic heterocycles. The average Bonchev–Trinajstić information content (AvgIpc) is 2.53. The quantitative estimate of drug-likeness (QED) is 0.850. The Morgan fingerprint density at radius 2 is 2.38 bits per heavy atom. The molecule has 4 heteroatoms. The van der Waals surface area contributed by atoms with Gasteiger partial charge >= 0.3 is 0 Å². The number of nitrogens with zero attached hydrogens (tertiary/aromatic N) is 2. The van der Waals surface area contributed by atoms with Crippen molar-refractivity contribution in [1.82, 2.24) is 9.78 Å². The van der Waals surface area contributed by atoms with Gasteiger partial charge in [-0.1, -0.05) is 0 Å². The number of anilines is 1. The van der Waals surface area contributed by atoms with Crippen LogP contribution in [0.2, 0.25) is 0 Å². The summed E-state index contributed by atoms with van der Waals surface area (Å²) in [5.74, 6) is 0. The number of nitrogens with one attached hydrogen (secondary N) is 1. The first-order valence-corrected chi connectivity index (χ1v) is 5.73. The zero-order valence-electron chi connectivity index (χ0n) is 10.2. The maximum atomic E-state index is 5.52. The third kappa shape index (κ3) is 2.21. The maximum Gasteiger partial charge on any atom is 0.115 e. The highest BCUT2D eigenvalue weighted by Crippen LogP contribution is 2.19. The molecule has 1 unspecified atom stereocenters. The molecular formula is C12H19N3O. The standard InChI is InChI=1S/C12H19N3O/c1-9-12(10(2)15(3)14-9)13-8-11-6-4-5-7-16-11/h5,7,11,13H,4,6,8H2,1-3H3. The van der Waals surface area contributed by atoms with E-state index < -0.39 is 0 Å². The van der Waals surface area contributed by atoms with Crippen molar-refractivity contribution < 1.29 is 4.74 Å². The Labute approximate surface area is 96.3 Å². The van der Waals surface area contributed by atoms with E-state index in [1.54, 1.807) is 6.26 Å². The normalized spacial score (nSPS) is 19.6. The van der Waals surface area contributed by atoms with E-state index >= 15 is 0 Å². The second kappa shape index (κ2) is 4.60. The van der Waals surface area contributed by atoms with Gasteiger partial charge in [0.15, 0.2) is 0 Å². The molecule has 2 heterocycles. The van der Waals surface area contributed by atoms with Gasteiger partial charge in [-0.3, -0.25) is 4.68 Å². The SMILES string of the molecule is Cc1nn(C)c(C)c1NCC1CCC=CO1. The fourth-order valence-electron chi connectivity index (χ4n) is 1.98. The number of ether oxygens (including phenoxy) is 1. The molecule has 0 spiro atoms. The Morgan fingerprint density at radius 1 is 1.56 bits per heavy atom. The van der Waals surface area contributed by atoms with Crippen LogP contribution in [0.4, 0.5) is 5.69 Å². The van der Waals surface area contributed by atoms with Crippen LogP contribution >= 0.6 is 0 Å². The van der Waals surface area contributed by atoms with Crippen LogP contribution in [0.25, 0.3) is 0 Å². The Balaban J connectivity index is 1.96. The van der Waals surface area contributed by atoms with Gasteiger partial charge in [0, 0.05) is 7.05 Å². The summed E-state index contributed by atoms with van der Waals surface area (Å²) in [6.07, 6.45) is 6.35. The summed E-state index contributed by atoms with van der Waals surface area (Å²) in [6, 6.07) is 0. The predicted octanol–water partition coefficient (Wildman–Crippen LogP) is 2.14. The highest BCUT2D eigenvalue weighted by atomic mass is 16.5. The van der Waals surface area contributed by atoms with Crippen LogP contribution in [-0.4, -0.2) is 22.4 Å². The first kappa shape index (κ1) is 11.0. The minimum atomic E-state index is 0.281. The topological polar surface area (TPSA) is 39.1 Å². The van der Waals surface area contributed by atoms with Crippen LogP contribution in [0.3, 0.4) is 0 Å². The Bertz CT molecular complexity index is 395. The molecule has 0 bridgehead atoms. The third-order valence-corrected chi connectivity index (χ3v) is 3.04. The lowest BCUT2D eigenvalue weighted by Crippen LogP contribution is -2.23. The highest BCUT2D eigenvalue weighted by molar-refractivity contribution is 5.52. The van der Waals surface area contributed by atoms with Crippen LogP contribution in [-0.2, 0) is 11.8 Å². The van der Waals surface area contributed by atoms with Crippen LogP contribution in [0.15, 0.2) is 12.3 Å². The minimum absolute atomic E-state index is 0.281. The zero-order chi connectivity index (χ0) is 11.5. The van der Waals surface area contributed by atoms with E-state index in [-0.39, 0.29) is 6.10 Å². The van der Waals surface area contributed by atoms with Crippen molar-refractivity contribution in [3.63, 3.8) is 0 Å². The van der Waals surface area contributed by atoms with Gasteiger partial charge in [-0.15, -0.1) is 0 Å². The van der Waals surface area contributed by atoms with Crippen LogP contribution in [0.5, 0.6) is 0 Å². The molecule has 88 valence electrons. The van der Waals surface area contributed by atoms with Crippen molar-refractivity contribution in [3.8, 4) is 0 Å². The van der Waals surface area contributed by atoms with Crippen molar-refractivity contribution in [3.05, 3.63) is 23.7 Å². The van der Waals surface area contributed by atoms with E-state index in [1.165, 1.54) is 5.69 Å². The van der Waals surface area contributed by atoms with E-state index in [0.717, 1.165) is 30.8 Å². The smallest absolute Gasteiger partial charge is 0.115 e. The van der Waals surface area contributed by atoms with Gasteiger partial charge in [-0.2, -0.15) is 5.10 Å². The Hall–Kier alpha value is -1.45. The summed E-state index contributed by atoms with van der Waals surface area (Å²) in [7, 11) is 1.97. The first-order valence-electron chi connectivity index (χ1n) is 5.73. The predicted molar refractivity (Wildman–Crippen MR) is 64.4 cm³/mol. The van der Waals surface area contributed by atoms with Crippen molar-refractivity contribution in [2.75, 3.05) is 11.9 Å². The summed E-state index contributed by atoms with van der Waals surface area (Å²) in [5, 5.41) is 7.80. The molecule has 2 rings (SSSR count). The number of hydrogen-bond donors (Lipinski definition) is 1. The van der Waals surface area contributed by atoms with Crippen molar-refractivity contribution in [2.24, 2.45) is 7.05 Å². The number of hydrogen-bond acceptors (Lipinski definition) is 3. The molecule has 1 aromatic heterocycles. The highest BCUT2D eigenvalue weighted by Gasteiger charge is 2.13. The van der Waals surface area contributed by atoms with Gasteiger partial charge < -0.3 is 10.1 Å². The number of aryl methyl sites for hydroxylation is 2. The zero-order valence-corrected chi connectivity index (χ0v) is 10.2. The lowest BCUT2D eigenvalue weighted by Gasteiger charge is -2.20. The van der Waals surface area contributed by atoms with E-state index in [1.807, 2.05) is 18.7 Å². The van der Waals surface area contributed by atoms with Gasteiger partial charge in [-0.05, 0) is 32.8 Å². The number of aromatic nitrogens is 2. The Morgan fingerprint density at radius 3 is 2.94 bits per heavy atom. The molecular weight excluding hydrogens is 202 g/mol. The minimum Gasteiger partial charge on any atom is -0.497 e. The molecule has 16 heavy (non-hydrogen) atoms. The fourth-order valence-corrected chi connectivity index (χ4v) is 1.98. The van der Waals surface area contributed by atoms with Crippen LogP contribution in [0.1, 0.15) is 24.2 Å². The lowest BCUT2D eigenvalue weighted by molar-refractivity contribution is 0.135. The average molecular weight is 221 g/mol. The number of allylic oxidation sites excluding steroid dienone is 1.